The molecule has 0 heterocycles. The average Bonchev–Trinajstić information content (AvgIpc) is 2.38. The summed E-state index contributed by atoms with van der Waals surface area (Å²) in [5, 5.41) is -0.876. The maximum Gasteiger partial charge on any atom is 0.134 e. The van der Waals surface area contributed by atoms with Crippen LogP contribution in [-0.4, -0.2) is 7.11 Å². The van der Waals surface area contributed by atoms with Gasteiger partial charge >= 0.3 is 0 Å². The summed E-state index contributed by atoms with van der Waals surface area (Å²) < 4.78 is 33.6. The van der Waals surface area contributed by atoms with Gasteiger partial charge in [0.1, 0.15) is 17.4 Å². The molecule has 2 rings (SSSR count). The van der Waals surface area contributed by atoms with Crippen LogP contribution < -0.4 is 4.74 Å². The van der Waals surface area contributed by atoms with E-state index in [0.717, 1.165) is 15.7 Å². The second kappa shape index (κ2) is 6.05. The van der Waals surface area contributed by atoms with Crippen LogP contribution in [0.4, 0.5) is 8.78 Å². The summed E-state index contributed by atoms with van der Waals surface area (Å²) in [5.41, 5.74) is 0.513. The quantitative estimate of drug-likeness (QED) is 0.531. The van der Waals surface area contributed by atoms with Crippen LogP contribution in [0.15, 0.2) is 36.4 Å². The third-order valence-electron chi connectivity index (χ3n) is 2.72. The zero-order valence-corrected chi connectivity index (χ0v) is 12.9. The number of hydrogen-bond acceptors (Lipinski definition) is 1. The van der Waals surface area contributed by atoms with Crippen molar-refractivity contribution < 1.29 is 13.5 Å². The molecule has 0 saturated heterocycles. The van der Waals surface area contributed by atoms with Crippen LogP contribution in [0.25, 0.3) is 0 Å². The fourth-order valence-electron chi connectivity index (χ4n) is 1.76. The van der Waals surface area contributed by atoms with E-state index in [1.54, 1.807) is 12.1 Å². The van der Waals surface area contributed by atoms with Gasteiger partial charge < -0.3 is 4.74 Å². The first-order chi connectivity index (χ1) is 9.04. The molecule has 2 aromatic carbocycles. The van der Waals surface area contributed by atoms with Crippen LogP contribution in [0.5, 0.6) is 5.75 Å². The molecule has 1 atom stereocenters. The van der Waals surface area contributed by atoms with Crippen molar-refractivity contribution in [2.75, 3.05) is 7.11 Å². The van der Waals surface area contributed by atoms with E-state index in [1.807, 2.05) is 12.1 Å². The Hall–Kier alpha value is -0.880. The van der Waals surface area contributed by atoms with E-state index < -0.39 is 17.0 Å². The minimum Gasteiger partial charge on any atom is -0.497 e. The Bertz CT molecular complexity index is 581. The average molecular weight is 395 g/mol. The van der Waals surface area contributed by atoms with Crippen molar-refractivity contribution in [1.29, 1.82) is 0 Å². The molecule has 0 bridgehead atoms. The van der Waals surface area contributed by atoms with Gasteiger partial charge in [0.2, 0.25) is 0 Å². The van der Waals surface area contributed by atoms with Gasteiger partial charge in [-0.3, -0.25) is 0 Å². The summed E-state index contributed by atoms with van der Waals surface area (Å²) >= 11 is 8.30. The molecule has 0 saturated carbocycles. The number of halogens is 4. The lowest BCUT2D eigenvalue weighted by atomic mass is 10.0. The second-order valence-electron chi connectivity index (χ2n) is 3.89. The predicted octanol–water partition coefficient (Wildman–Crippen LogP) is 4.91. The molecule has 100 valence electrons. The molecule has 0 N–H and O–H groups in total. The summed E-state index contributed by atoms with van der Waals surface area (Å²) in [6.45, 7) is 0. The van der Waals surface area contributed by atoms with Gasteiger partial charge in [-0.2, -0.15) is 0 Å². The number of rotatable bonds is 3. The highest BCUT2D eigenvalue weighted by atomic mass is 127. The van der Waals surface area contributed by atoms with Crippen LogP contribution in [0.3, 0.4) is 0 Å². The Morgan fingerprint density at radius 2 is 1.74 bits per heavy atom. The van der Waals surface area contributed by atoms with E-state index in [1.165, 1.54) is 7.11 Å². The minimum absolute atomic E-state index is 0.130. The molecule has 0 radical (unpaired) electrons. The Labute approximate surface area is 128 Å². The molecule has 1 nitrogen and oxygen atoms in total. The summed E-state index contributed by atoms with van der Waals surface area (Å²) in [6.07, 6.45) is 0. The number of alkyl halides is 1. The molecular weight excluding hydrogens is 385 g/mol. The molecule has 0 fully saturated rings. The lowest BCUT2D eigenvalue weighted by Gasteiger charge is -2.15. The van der Waals surface area contributed by atoms with E-state index in [9.17, 15) is 8.78 Å². The molecular formula is C14H10ClF2IO. The Kier molecular flexibility index (Phi) is 4.62. The van der Waals surface area contributed by atoms with Crippen molar-refractivity contribution in [2.45, 2.75) is 5.38 Å². The van der Waals surface area contributed by atoms with Gasteiger partial charge in [0.05, 0.1) is 12.5 Å². The summed E-state index contributed by atoms with van der Waals surface area (Å²) in [5.74, 6) is -1.29. The van der Waals surface area contributed by atoms with E-state index in [2.05, 4.69) is 22.6 Å². The normalized spacial score (nSPS) is 12.3. The summed E-state index contributed by atoms with van der Waals surface area (Å²) in [4.78, 5) is 0. The molecule has 5 heteroatoms. The molecule has 0 aliphatic carbocycles. The number of methoxy groups -OCH3 is 1. The van der Waals surface area contributed by atoms with Crippen LogP contribution in [0.2, 0.25) is 0 Å². The Morgan fingerprint density at radius 3 is 2.26 bits per heavy atom. The molecule has 0 aliphatic heterocycles. The van der Waals surface area contributed by atoms with E-state index >= 15 is 0 Å². The third kappa shape index (κ3) is 3.00. The van der Waals surface area contributed by atoms with Crippen molar-refractivity contribution in [1.82, 2.24) is 0 Å². The molecule has 2 aromatic rings. The Morgan fingerprint density at radius 1 is 1.16 bits per heavy atom. The van der Waals surface area contributed by atoms with Gasteiger partial charge in [0.25, 0.3) is 0 Å². The van der Waals surface area contributed by atoms with Crippen molar-refractivity contribution in [2.24, 2.45) is 0 Å². The summed E-state index contributed by atoms with van der Waals surface area (Å²) in [6, 6.07) is 9.47. The van der Waals surface area contributed by atoms with Gasteiger partial charge in [-0.1, -0.05) is 18.2 Å². The topological polar surface area (TPSA) is 9.23 Å². The van der Waals surface area contributed by atoms with Crippen LogP contribution >= 0.6 is 34.2 Å². The first-order valence-electron chi connectivity index (χ1n) is 5.46. The first kappa shape index (κ1) is 14.5. The second-order valence-corrected chi connectivity index (χ2v) is 5.49. The highest BCUT2D eigenvalue weighted by Crippen LogP contribution is 2.36. The Balaban J connectivity index is 2.50. The maximum absolute atomic E-state index is 14.0. The van der Waals surface area contributed by atoms with Gasteiger partial charge in [-0.05, 0) is 34.2 Å². The SMILES string of the molecule is COc1cc(F)c(C(Cl)c2ccccc2I)c(F)c1. The molecule has 0 aromatic heterocycles. The zero-order chi connectivity index (χ0) is 14.0. The number of ether oxygens (including phenoxy) is 1. The van der Waals surface area contributed by atoms with Crippen molar-refractivity contribution >= 4 is 34.2 Å². The minimum atomic E-state index is -0.876. The molecule has 0 aliphatic rings. The van der Waals surface area contributed by atoms with Crippen LogP contribution in [0.1, 0.15) is 16.5 Å². The predicted molar refractivity (Wildman–Crippen MR) is 79.8 cm³/mol. The molecule has 19 heavy (non-hydrogen) atoms. The van der Waals surface area contributed by atoms with Crippen molar-refractivity contribution in [3.63, 3.8) is 0 Å². The largest absolute Gasteiger partial charge is 0.497 e. The van der Waals surface area contributed by atoms with Gasteiger partial charge in [0, 0.05) is 21.3 Å². The highest BCUT2D eigenvalue weighted by Gasteiger charge is 2.22. The smallest absolute Gasteiger partial charge is 0.134 e. The molecule has 0 spiro atoms. The van der Waals surface area contributed by atoms with Gasteiger partial charge in [-0.25, -0.2) is 8.78 Å². The van der Waals surface area contributed by atoms with Crippen LogP contribution in [0, 0.1) is 15.2 Å². The van der Waals surface area contributed by atoms with E-state index in [0.29, 0.717) is 5.56 Å². The molecule has 1 unspecified atom stereocenters. The molecule has 0 amide bonds. The maximum atomic E-state index is 14.0. The monoisotopic (exact) mass is 394 g/mol. The lowest BCUT2D eigenvalue weighted by molar-refractivity contribution is 0.405. The van der Waals surface area contributed by atoms with Crippen molar-refractivity contribution in [3.8, 4) is 5.75 Å². The standard InChI is InChI=1S/C14H10ClF2IO/c1-19-8-6-10(16)13(11(17)7-8)14(15)9-4-2-3-5-12(9)18/h2-7,14H,1H3. The zero-order valence-electron chi connectivity index (χ0n) is 9.96. The van der Waals surface area contributed by atoms with Crippen molar-refractivity contribution in [3.05, 3.63) is 62.7 Å². The number of hydrogen-bond donors (Lipinski definition) is 0. The van der Waals surface area contributed by atoms with E-state index in [-0.39, 0.29) is 11.3 Å². The van der Waals surface area contributed by atoms with Crippen LogP contribution in [-0.2, 0) is 0 Å². The fraction of sp³-hybridized carbons (Fsp3) is 0.143. The highest BCUT2D eigenvalue weighted by molar-refractivity contribution is 14.1. The third-order valence-corrected chi connectivity index (χ3v) is 4.16. The summed E-state index contributed by atoms with van der Waals surface area (Å²) in [7, 11) is 1.35. The fourth-order valence-corrected chi connectivity index (χ4v) is 3.04. The lowest BCUT2D eigenvalue weighted by Crippen LogP contribution is -2.03. The van der Waals surface area contributed by atoms with Gasteiger partial charge in [0.15, 0.2) is 0 Å². The van der Waals surface area contributed by atoms with Gasteiger partial charge in [-0.15, -0.1) is 11.6 Å². The van der Waals surface area contributed by atoms with E-state index in [4.69, 9.17) is 16.3 Å². The first-order valence-corrected chi connectivity index (χ1v) is 6.97. The number of benzene rings is 2.